The van der Waals surface area contributed by atoms with E-state index in [1.807, 2.05) is 0 Å². The van der Waals surface area contributed by atoms with E-state index < -0.39 is 10.0 Å². The minimum absolute atomic E-state index is 0.0952. The van der Waals surface area contributed by atoms with Crippen molar-refractivity contribution in [2.75, 3.05) is 13.1 Å². The number of hydrogen-bond acceptors (Lipinski definition) is 4. The van der Waals surface area contributed by atoms with Crippen molar-refractivity contribution in [2.24, 2.45) is 17.8 Å². The van der Waals surface area contributed by atoms with Gasteiger partial charge in [0.2, 0.25) is 5.91 Å². The van der Waals surface area contributed by atoms with Crippen LogP contribution in [0.15, 0.2) is 34.4 Å². The molecule has 5 nitrogen and oxygen atoms in total. The Morgan fingerprint density at radius 3 is 2.84 bits per heavy atom. The molecule has 1 aromatic heterocycles. The molecule has 2 aliphatic carbocycles. The zero-order valence-electron chi connectivity index (χ0n) is 14.6. The normalized spacial score (nSPS) is 26.7. The number of carbonyl (C=O) groups excluding carboxylic acids is 1. The summed E-state index contributed by atoms with van der Waals surface area (Å²) in [6.07, 6.45) is 6.59. The van der Waals surface area contributed by atoms with Crippen molar-refractivity contribution in [3.05, 3.63) is 30.2 Å². The zero-order chi connectivity index (χ0) is 18.0. The molecule has 2 saturated carbocycles. The smallest absolute Gasteiger partial charge is 0.253 e. The van der Waals surface area contributed by atoms with E-state index in [0.717, 1.165) is 23.2 Å². The fourth-order valence-electron chi connectivity index (χ4n) is 4.40. The highest BCUT2D eigenvalue weighted by Gasteiger charge is 2.42. The van der Waals surface area contributed by atoms with Gasteiger partial charge in [-0.25, -0.2) is 8.42 Å². The van der Waals surface area contributed by atoms with Crippen molar-refractivity contribution < 1.29 is 13.2 Å². The van der Waals surface area contributed by atoms with Gasteiger partial charge in [0.25, 0.3) is 10.0 Å². The van der Waals surface area contributed by atoms with Crippen LogP contribution in [-0.4, -0.2) is 37.8 Å². The lowest BCUT2D eigenvalue weighted by Crippen LogP contribution is -2.46. The number of thiophene rings is 1. The monoisotopic (exact) mass is 382 g/mol. The van der Waals surface area contributed by atoms with Gasteiger partial charge in [0.15, 0.2) is 0 Å². The van der Waals surface area contributed by atoms with E-state index in [0.29, 0.717) is 5.92 Å². The molecule has 4 atom stereocenters. The van der Waals surface area contributed by atoms with Gasteiger partial charge in [-0.15, -0.1) is 17.9 Å². The molecule has 2 aliphatic rings. The molecule has 0 spiro atoms. The van der Waals surface area contributed by atoms with Crippen molar-refractivity contribution in [3.8, 4) is 0 Å². The molecule has 2 bridgehead atoms. The summed E-state index contributed by atoms with van der Waals surface area (Å²) in [7, 11) is -3.66. The zero-order valence-corrected chi connectivity index (χ0v) is 16.2. The summed E-state index contributed by atoms with van der Waals surface area (Å²) in [4.78, 5) is 12.5. The number of sulfonamides is 1. The summed E-state index contributed by atoms with van der Waals surface area (Å²) < 4.78 is 26.8. The van der Waals surface area contributed by atoms with Crippen LogP contribution in [0.4, 0.5) is 0 Å². The molecule has 0 aliphatic heterocycles. The van der Waals surface area contributed by atoms with Crippen molar-refractivity contribution >= 4 is 27.3 Å². The molecule has 2 fully saturated rings. The second kappa shape index (κ2) is 7.60. The molecule has 138 valence electrons. The molecule has 0 saturated heterocycles. The molecule has 1 aromatic rings. The van der Waals surface area contributed by atoms with Crippen LogP contribution in [0.25, 0.3) is 0 Å². The molecule has 0 aromatic carbocycles. The van der Waals surface area contributed by atoms with Gasteiger partial charge in [-0.2, -0.15) is 4.31 Å². The standard InChI is InChI=1S/C18H26N2O3S2/c1-3-8-20(25(22,23)18-5-4-9-24-18)12-17(21)19-13(2)16-11-14-6-7-15(16)10-14/h3-5,9,13-16H,1,6-8,10-12H2,2H3,(H,19,21). The molecule has 7 heteroatoms. The minimum Gasteiger partial charge on any atom is -0.352 e. The summed E-state index contributed by atoms with van der Waals surface area (Å²) in [6, 6.07) is 3.35. The van der Waals surface area contributed by atoms with E-state index in [4.69, 9.17) is 0 Å². The van der Waals surface area contributed by atoms with Gasteiger partial charge in [0.1, 0.15) is 4.21 Å². The van der Waals surface area contributed by atoms with Crippen LogP contribution < -0.4 is 5.32 Å². The number of fused-ring (bicyclic) bond motifs is 2. The topological polar surface area (TPSA) is 66.5 Å². The van der Waals surface area contributed by atoms with Gasteiger partial charge in [-0.05, 0) is 55.4 Å². The van der Waals surface area contributed by atoms with Crippen LogP contribution in [0.3, 0.4) is 0 Å². The highest BCUT2D eigenvalue weighted by Crippen LogP contribution is 2.49. The second-order valence-corrected chi connectivity index (χ2v) is 10.3. The summed E-state index contributed by atoms with van der Waals surface area (Å²) in [6.45, 7) is 5.62. The Kier molecular flexibility index (Phi) is 5.65. The third-order valence-corrected chi connectivity index (χ3v) is 8.75. The van der Waals surface area contributed by atoms with Crippen LogP contribution in [-0.2, 0) is 14.8 Å². The number of carbonyl (C=O) groups is 1. The molecule has 3 rings (SSSR count). The Balaban J connectivity index is 1.62. The molecule has 1 N–H and O–H groups in total. The predicted octanol–water partition coefficient (Wildman–Crippen LogP) is 2.87. The van der Waals surface area contributed by atoms with Crippen LogP contribution in [0.5, 0.6) is 0 Å². The minimum atomic E-state index is -3.66. The van der Waals surface area contributed by atoms with E-state index in [-0.39, 0.29) is 29.2 Å². The van der Waals surface area contributed by atoms with Crippen LogP contribution in [0.2, 0.25) is 0 Å². The summed E-state index contributed by atoms with van der Waals surface area (Å²) in [5, 5.41) is 4.76. The quantitative estimate of drug-likeness (QED) is 0.703. The number of nitrogens with zero attached hydrogens (tertiary/aromatic N) is 1. The molecule has 0 radical (unpaired) electrons. The lowest BCUT2D eigenvalue weighted by atomic mass is 9.84. The van der Waals surface area contributed by atoms with Crippen LogP contribution >= 0.6 is 11.3 Å². The first-order valence-corrected chi connectivity index (χ1v) is 11.2. The average molecular weight is 383 g/mol. The first-order chi connectivity index (χ1) is 11.9. The lowest BCUT2D eigenvalue weighted by Gasteiger charge is -2.29. The van der Waals surface area contributed by atoms with Crippen molar-refractivity contribution in [3.63, 3.8) is 0 Å². The fraction of sp³-hybridized carbons (Fsp3) is 0.611. The van der Waals surface area contributed by atoms with Gasteiger partial charge >= 0.3 is 0 Å². The fourth-order valence-corrected chi connectivity index (χ4v) is 6.91. The van der Waals surface area contributed by atoms with E-state index in [9.17, 15) is 13.2 Å². The molecule has 1 amide bonds. The number of nitrogens with one attached hydrogen (secondary N) is 1. The first kappa shape index (κ1) is 18.6. The van der Waals surface area contributed by atoms with Crippen molar-refractivity contribution in [1.29, 1.82) is 0 Å². The maximum absolute atomic E-state index is 12.7. The number of hydrogen-bond donors (Lipinski definition) is 1. The lowest BCUT2D eigenvalue weighted by molar-refractivity contribution is -0.122. The summed E-state index contributed by atoms with van der Waals surface area (Å²) in [5.74, 6) is 1.84. The molecule has 1 heterocycles. The SMILES string of the molecule is C=CCN(CC(=O)NC(C)C1CC2CCC1C2)S(=O)(=O)c1cccs1. The predicted molar refractivity (Wildman–Crippen MR) is 99.8 cm³/mol. The third-order valence-electron chi connectivity index (χ3n) is 5.57. The van der Waals surface area contributed by atoms with Gasteiger partial charge in [0, 0.05) is 12.6 Å². The van der Waals surface area contributed by atoms with E-state index >= 15 is 0 Å². The molecular formula is C18H26N2O3S2. The Hall–Kier alpha value is -1.18. The Morgan fingerprint density at radius 2 is 2.28 bits per heavy atom. The van der Waals surface area contributed by atoms with E-state index in [2.05, 4.69) is 18.8 Å². The Bertz CT molecular complexity index is 715. The molecule has 4 unspecified atom stereocenters. The third kappa shape index (κ3) is 3.99. The van der Waals surface area contributed by atoms with Gasteiger partial charge < -0.3 is 5.32 Å². The Morgan fingerprint density at radius 1 is 1.48 bits per heavy atom. The highest BCUT2D eigenvalue weighted by molar-refractivity contribution is 7.91. The van der Waals surface area contributed by atoms with Crippen LogP contribution in [0.1, 0.15) is 32.6 Å². The highest BCUT2D eigenvalue weighted by atomic mass is 32.2. The van der Waals surface area contributed by atoms with Crippen LogP contribution in [0, 0.1) is 17.8 Å². The maximum Gasteiger partial charge on any atom is 0.253 e. The summed E-state index contributed by atoms with van der Waals surface area (Å²) >= 11 is 1.16. The molecule has 25 heavy (non-hydrogen) atoms. The van der Waals surface area contributed by atoms with Crippen molar-refractivity contribution in [1.82, 2.24) is 9.62 Å². The largest absolute Gasteiger partial charge is 0.352 e. The van der Waals surface area contributed by atoms with E-state index in [1.165, 1.54) is 36.1 Å². The number of rotatable bonds is 8. The average Bonchev–Trinajstić information content (AvgIpc) is 3.31. The second-order valence-electron chi connectivity index (χ2n) is 7.21. The van der Waals surface area contributed by atoms with E-state index in [1.54, 1.807) is 17.5 Å². The van der Waals surface area contributed by atoms with Gasteiger partial charge in [-0.3, -0.25) is 4.79 Å². The maximum atomic E-state index is 12.7. The molecular weight excluding hydrogens is 356 g/mol. The Labute approximate surface area is 154 Å². The first-order valence-electron chi connectivity index (χ1n) is 8.85. The summed E-state index contributed by atoms with van der Waals surface area (Å²) in [5.41, 5.74) is 0. The van der Waals surface area contributed by atoms with Gasteiger partial charge in [-0.1, -0.05) is 18.6 Å². The van der Waals surface area contributed by atoms with Gasteiger partial charge in [0.05, 0.1) is 6.54 Å². The number of amides is 1. The van der Waals surface area contributed by atoms with Crippen molar-refractivity contribution in [2.45, 2.75) is 42.9 Å².